The zero-order chi connectivity index (χ0) is 15.6. The topological polar surface area (TPSA) is 99.1 Å². The fourth-order valence-corrected chi connectivity index (χ4v) is 3.05. The predicted molar refractivity (Wildman–Crippen MR) is 81.3 cm³/mol. The molecule has 0 aliphatic heterocycles. The summed E-state index contributed by atoms with van der Waals surface area (Å²) in [5.74, 6) is 1.62. The van der Waals surface area contributed by atoms with Crippen molar-refractivity contribution in [1.29, 1.82) is 0 Å². The number of hydrogen-bond donors (Lipinski definition) is 1. The van der Waals surface area contributed by atoms with Gasteiger partial charge in [0.1, 0.15) is 0 Å². The van der Waals surface area contributed by atoms with Gasteiger partial charge < -0.3 is 4.52 Å². The lowest BCUT2D eigenvalue weighted by molar-refractivity contribution is 0.343. The van der Waals surface area contributed by atoms with Gasteiger partial charge in [0.25, 0.3) is 0 Å². The van der Waals surface area contributed by atoms with E-state index in [1.165, 1.54) is 12.1 Å². The number of hydrogen-bond acceptors (Lipinski definition) is 5. The Morgan fingerprint density at radius 2 is 2.00 bits per heavy atom. The molecule has 0 amide bonds. The molecule has 3 rings (SSSR count). The van der Waals surface area contributed by atoms with Gasteiger partial charge in [-0.05, 0) is 49.4 Å². The SMILES string of the molecule is NS(=O)(=O)c1ccc(-c2noc(CC3CC=CCC3)n2)cc1. The van der Waals surface area contributed by atoms with E-state index in [-0.39, 0.29) is 4.90 Å². The second-order valence-corrected chi connectivity index (χ2v) is 7.00. The van der Waals surface area contributed by atoms with Gasteiger partial charge in [-0.3, -0.25) is 0 Å². The van der Waals surface area contributed by atoms with Crippen molar-refractivity contribution in [3.05, 3.63) is 42.3 Å². The van der Waals surface area contributed by atoms with Crippen LogP contribution in [-0.2, 0) is 16.4 Å². The summed E-state index contributed by atoms with van der Waals surface area (Å²) in [4.78, 5) is 4.45. The van der Waals surface area contributed by atoms with Crippen LogP contribution in [0.25, 0.3) is 11.4 Å². The standard InChI is InChI=1S/C15H17N3O3S/c16-22(19,20)13-8-6-12(7-9-13)15-17-14(21-18-15)10-11-4-2-1-3-5-11/h1-2,6-9,11H,3-5,10H2,(H2,16,19,20). The van der Waals surface area contributed by atoms with E-state index in [1.807, 2.05) is 0 Å². The van der Waals surface area contributed by atoms with Crippen LogP contribution in [0.15, 0.2) is 45.8 Å². The van der Waals surface area contributed by atoms with Crippen molar-refractivity contribution in [1.82, 2.24) is 10.1 Å². The van der Waals surface area contributed by atoms with Crippen LogP contribution in [0.4, 0.5) is 0 Å². The number of aromatic nitrogens is 2. The van der Waals surface area contributed by atoms with Crippen molar-refractivity contribution in [3.63, 3.8) is 0 Å². The van der Waals surface area contributed by atoms with Crippen molar-refractivity contribution >= 4 is 10.0 Å². The van der Waals surface area contributed by atoms with Gasteiger partial charge in [0, 0.05) is 12.0 Å². The lowest BCUT2D eigenvalue weighted by atomic mass is 9.91. The van der Waals surface area contributed by atoms with Gasteiger partial charge in [-0.1, -0.05) is 17.3 Å². The summed E-state index contributed by atoms with van der Waals surface area (Å²) in [6.45, 7) is 0. The Morgan fingerprint density at radius 1 is 1.23 bits per heavy atom. The molecular formula is C15H17N3O3S. The molecule has 22 heavy (non-hydrogen) atoms. The minimum Gasteiger partial charge on any atom is -0.339 e. The van der Waals surface area contributed by atoms with Crippen molar-refractivity contribution in [2.45, 2.75) is 30.6 Å². The Balaban J connectivity index is 1.74. The summed E-state index contributed by atoms with van der Waals surface area (Å²) in [7, 11) is -3.69. The van der Waals surface area contributed by atoms with Gasteiger partial charge in [-0.15, -0.1) is 0 Å². The first-order valence-electron chi connectivity index (χ1n) is 7.13. The second-order valence-electron chi connectivity index (χ2n) is 5.44. The molecule has 1 aromatic heterocycles. The van der Waals surface area contributed by atoms with Gasteiger partial charge in [-0.25, -0.2) is 13.6 Å². The molecule has 1 aliphatic rings. The van der Waals surface area contributed by atoms with Gasteiger partial charge in [-0.2, -0.15) is 4.98 Å². The highest BCUT2D eigenvalue weighted by Crippen LogP contribution is 2.23. The number of benzene rings is 1. The third kappa shape index (κ3) is 3.42. The lowest BCUT2D eigenvalue weighted by Gasteiger charge is -2.14. The molecule has 0 saturated carbocycles. The van der Waals surface area contributed by atoms with Crippen molar-refractivity contribution in [2.24, 2.45) is 11.1 Å². The van der Waals surface area contributed by atoms with E-state index >= 15 is 0 Å². The summed E-state index contributed by atoms with van der Waals surface area (Å²) in [6, 6.07) is 6.12. The van der Waals surface area contributed by atoms with Gasteiger partial charge in [0.05, 0.1) is 4.90 Å². The maximum absolute atomic E-state index is 11.2. The van der Waals surface area contributed by atoms with Gasteiger partial charge >= 0.3 is 0 Å². The van der Waals surface area contributed by atoms with E-state index in [2.05, 4.69) is 22.3 Å². The Bertz CT molecular complexity index is 779. The maximum Gasteiger partial charge on any atom is 0.238 e. The van der Waals surface area contributed by atoms with Crippen LogP contribution >= 0.6 is 0 Å². The first kappa shape index (κ1) is 14.9. The normalized spacial score (nSPS) is 18.5. The first-order chi connectivity index (χ1) is 10.5. The van der Waals surface area contributed by atoms with Gasteiger partial charge in [0.15, 0.2) is 0 Å². The molecule has 1 heterocycles. The van der Waals surface area contributed by atoms with E-state index in [0.29, 0.717) is 23.2 Å². The smallest absolute Gasteiger partial charge is 0.238 e. The van der Waals surface area contributed by atoms with Crippen LogP contribution in [0, 0.1) is 5.92 Å². The molecule has 0 radical (unpaired) electrons. The predicted octanol–water partition coefficient (Wildman–Crippen LogP) is 2.28. The number of rotatable bonds is 4. The molecule has 1 aromatic carbocycles. The Hall–Kier alpha value is -1.99. The molecule has 0 bridgehead atoms. The van der Waals surface area contributed by atoms with Crippen molar-refractivity contribution in [3.8, 4) is 11.4 Å². The maximum atomic E-state index is 11.2. The van der Waals surface area contributed by atoms with E-state index in [0.717, 1.165) is 25.7 Å². The Morgan fingerprint density at radius 3 is 2.64 bits per heavy atom. The lowest BCUT2D eigenvalue weighted by Crippen LogP contribution is -2.11. The van der Waals surface area contributed by atoms with Crippen LogP contribution in [0.1, 0.15) is 25.2 Å². The Labute approximate surface area is 129 Å². The molecule has 0 spiro atoms. The monoisotopic (exact) mass is 319 g/mol. The number of sulfonamides is 1. The summed E-state index contributed by atoms with van der Waals surface area (Å²) in [6.07, 6.45) is 8.44. The van der Waals surface area contributed by atoms with Crippen LogP contribution < -0.4 is 5.14 Å². The average molecular weight is 319 g/mol. The number of primary sulfonamides is 1. The molecule has 6 nitrogen and oxygen atoms in total. The molecule has 0 saturated heterocycles. The number of nitrogens with two attached hydrogens (primary N) is 1. The van der Waals surface area contributed by atoms with E-state index in [4.69, 9.17) is 9.66 Å². The molecule has 0 fully saturated rings. The Kier molecular flexibility index (Phi) is 4.08. The van der Waals surface area contributed by atoms with E-state index < -0.39 is 10.0 Å². The molecule has 1 unspecified atom stereocenters. The third-order valence-electron chi connectivity index (χ3n) is 3.75. The molecule has 1 atom stereocenters. The van der Waals surface area contributed by atoms with E-state index in [9.17, 15) is 8.42 Å². The molecule has 7 heteroatoms. The zero-order valence-corrected chi connectivity index (χ0v) is 12.8. The second kappa shape index (κ2) is 6.02. The highest BCUT2D eigenvalue weighted by atomic mass is 32.2. The van der Waals surface area contributed by atoms with Crippen LogP contribution in [0.2, 0.25) is 0 Å². The molecular weight excluding hydrogens is 302 g/mol. The van der Waals surface area contributed by atoms with Crippen LogP contribution in [0.3, 0.4) is 0 Å². The average Bonchev–Trinajstić information content (AvgIpc) is 2.96. The highest BCUT2D eigenvalue weighted by molar-refractivity contribution is 7.89. The quantitative estimate of drug-likeness (QED) is 0.872. The fourth-order valence-electron chi connectivity index (χ4n) is 2.54. The molecule has 2 N–H and O–H groups in total. The van der Waals surface area contributed by atoms with Crippen LogP contribution in [0.5, 0.6) is 0 Å². The molecule has 2 aromatic rings. The number of allylic oxidation sites excluding steroid dienone is 2. The van der Waals surface area contributed by atoms with Gasteiger partial charge in [0.2, 0.25) is 21.7 Å². The number of nitrogens with zero attached hydrogens (tertiary/aromatic N) is 2. The van der Waals surface area contributed by atoms with Crippen molar-refractivity contribution < 1.29 is 12.9 Å². The third-order valence-corrected chi connectivity index (χ3v) is 4.68. The van der Waals surface area contributed by atoms with E-state index in [1.54, 1.807) is 12.1 Å². The van der Waals surface area contributed by atoms with Crippen LogP contribution in [-0.4, -0.2) is 18.6 Å². The minimum absolute atomic E-state index is 0.0639. The van der Waals surface area contributed by atoms with Crippen molar-refractivity contribution in [2.75, 3.05) is 0 Å². The summed E-state index contributed by atoms with van der Waals surface area (Å²) >= 11 is 0. The highest BCUT2D eigenvalue weighted by Gasteiger charge is 2.16. The molecule has 116 valence electrons. The summed E-state index contributed by atoms with van der Waals surface area (Å²) < 4.78 is 27.7. The molecule has 1 aliphatic carbocycles. The summed E-state index contributed by atoms with van der Waals surface area (Å²) in [5, 5.41) is 9.03. The fraction of sp³-hybridized carbons (Fsp3) is 0.333. The minimum atomic E-state index is -3.69. The summed E-state index contributed by atoms with van der Waals surface area (Å²) in [5.41, 5.74) is 0.700. The first-order valence-corrected chi connectivity index (χ1v) is 8.68. The largest absolute Gasteiger partial charge is 0.339 e. The zero-order valence-electron chi connectivity index (χ0n) is 12.0.